The maximum absolute atomic E-state index is 12.1. The highest BCUT2D eigenvalue weighted by Gasteiger charge is 2.33. The van der Waals surface area contributed by atoms with Crippen LogP contribution in [0.3, 0.4) is 0 Å². The van der Waals surface area contributed by atoms with Gasteiger partial charge in [0.25, 0.3) is 0 Å². The minimum atomic E-state index is -0.857. The Balaban J connectivity index is 2.23. The molecule has 2 rings (SSSR count). The molecule has 0 aromatic heterocycles. The van der Waals surface area contributed by atoms with E-state index in [0.717, 1.165) is 11.3 Å². The number of hydrogen-bond acceptors (Lipinski definition) is 4. The number of benzene rings is 1. The second kappa shape index (κ2) is 6.05. The molecule has 0 aliphatic carbocycles. The van der Waals surface area contributed by atoms with Crippen molar-refractivity contribution in [2.75, 3.05) is 23.4 Å². The highest BCUT2D eigenvalue weighted by Crippen LogP contribution is 2.33. The van der Waals surface area contributed by atoms with E-state index in [1.54, 1.807) is 26.1 Å². The van der Waals surface area contributed by atoms with Crippen LogP contribution in [0.4, 0.5) is 11.4 Å². The van der Waals surface area contributed by atoms with Crippen LogP contribution >= 0.6 is 0 Å². The van der Waals surface area contributed by atoms with Crippen molar-refractivity contribution in [2.45, 2.75) is 25.8 Å². The van der Waals surface area contributed by atoms with Crippen molar-refractivity contribution in [2.24, 2.45) is 5.73 Å². The van der Waals surface area contributed by atoms with E-state index in [1.807, 2.05) is 11.0 Å². The predicted octanol–water partition coefficient (Wildman–Crippen LogP) is 0.360. The number of carboxylic acid groups (broad SMARTS) is 1. The number of carbonyl (C=O) groups is 3. The van der Waals surface area contributed by atoms with Crippen LogP contribution in [-0.4, -0.2) is 42.5 Å². The number of hydrogen-bond donors (Lipinski definition) is 2. The number of carboxylic acids is 1. The van der Waals surface area contributed by atoms with Gasteiger partial charge >= 0.3 is 5.97 Å². The van der Waals surface area contributed by atoms with Gasteiger partial charge in [-0.05, 0) is 30.7 Å². The summed E-state index contributed by atoms with van der Waals surface area (Å²) in [5, 5.41) is 8.72. The Hall–Kier alpha value is -2.57. The molecule has 0 bridgehead atoms. The first-order valence-electron chi connectivity index (χ1n) is 6.98. The zero-order valence-corrected chi connectivity index (χ0v) is 12.6. The van der Waals surface area contributed by atoms with Crippen LogP contribution in [0.1, 0.15) is 18.9 Å². The number of aliphatic carboxylic acids is 1. The minimum absolute atomic E-state index is 0.0390. The second-order valence-corrected chi connectivity index (χ2v) is 5.40. The molecule has 0 spiro atoms. The number of fused-ring (bicyclic) bond motifs is 1. The zero-order valence-electron chi connectivity index (χ0n) is 12.6. The molecule has 1 aliphatic heterocycles. The Morgan fingerprint density at radius 2 is 2.14 bits per heavy atom. The van der Waals surface area contributed by atoms with Crippen molar-refractivity contribution in [3.05, 3.63) is 23.8 Å². The standard InChI is InChI=1S/C15H19N3O4/c1-9(15(16)22)18-12-4-3-11(7-10(12)8-13(18)19)17(2)6-5-14(20)21/h3-4,7,9H,5-6,8H2,1-2H3,(H2,16,22)(H,20,21). The van der Waals surface area contributed by atoms with Crippen LogP contribution in [0.15, 0.2) is 18.2 Å². The number of primary amides is 1. The third-order valence-corrected chi connectivity index (χ3v) is 3.83. The molecule has 0 saturated carbocycles. The fourth-order valence-corrected chi connectivity index (χ4v) is 2.51. The number of rotatable bonds is 6. The number of nitrogens with two attached hydrogens (primary N) is 1. The Kier molecular flexibility index (Phi) is 4.35. The number of nitrogens with zero attached hydrogens (tertiary/aromatic N) is 2. The maximum Gasteiger partial charge on any atom is 0.305 e. The van der Waals surface area contributed by atoms with E-state index in [1.165, 1.54) is 4.90 Å². The van der Waals surface area contributed by atoms with Crippen LogP contribution in [0.5, 0.6) is 0 Å². The highest BCUT2D eigenvalue weighted by molar-refractivity contribution is 6.06. The lowest BCUT2D eigenvalue weighted by Crippen LogP contribution is -2.44. The van der Waals surface area contributed by atoms with Crippen LogP contribution < -0.4 is 15.5 Å². The van der Waals surface area contributed by atoms with Crippen LogP contribution in [0.2, 0.25) is 0 Å². The average molecular weight is 305 g/mol. The largest absolute Gasteiger partial charge is 0.481 e. The summed E-state index contributed by atoms with van der Waals surface area (Å²) in [6.45, 7) is 1.98. The van der Waals surface area contributed by atoms with E-state index < -0.39 is 17.9 Å². The molecule has 1 aliphatic rings. The summed E-state index contributed by atoms with van der Waals surface area (Å²) in [5.41, 5.74) is 7.62. The fraction of sp³-hybridized carbons (Fsp3) is 0.400. The van der Waals surface area contributed by atoms with Crippen molar-refractivity contribution < 1.29 is 19.5 Å². The van der Waals surface area contributed by atoms with Crippen molar-refractivity contribution >= 4 is 29.2 Å². The molecule has 0 saturated heterocycles. The fourth-order valence-electron chi connectivity index (χ4n) is 2.51. The van der Waals surface area contributed by atoms with Gasteiger partial charge in [-0.3, -0.25) is 19.3 Å². The van der Waals surface area contributed by atoms with Gasteiger partial charge in [-0.25, -0.2) is 0 Å². The zero-order chi connectivity index (χ0) is 16.4. The summed E-state index contributed by atoms with van der Waals surface area (Å²) in [6, 6.07) is 4.74. The van der Waals surface area contributed by atoms with Gasteiger partial charge in [-0.15, -0.1) is 0 Å². The molecule has 1 atom stereocenters. The van der Waals surface area contributed by atoms with E-state index in [4.69, 9.17) is 10.8 Å². The smallest absolute Gasteiger partial charge is 0.305 e. The Labute approximate surface area is 128 Å². The maximum atomic E-state index is 12.1. The first-order valence-corrected chi connectivity index (χ1v) is 6.98. The summed E-state index contributed by atoms with van der Waals surface area (Å²) in [6.07, 6.45) is 0.255. The van der Waals surface area contributed by atoms with Gasteiger partial charge in [0.1, 0.15) is 6.04 Å². The summed E-state index contributed by atoms with van der Waals surface area (Å²) < 4.78 is 0. The minimum Gasteiger partial charge on any atom is -0.481 e. The topological polar surface area (TPSA) is 104 Å². The summed E-state index contributed by atoms with van der Waals surface area (Å²) in [7, 11) is 1.80. The molecule has 22 heavy (non-hydrogen) atoms. The molecule has 0 radical (unpaired) electrons. The number of anilines is 2. The Morgan fingerprint density at radius 1 is 1.45 bits per heavy atom. The van der Waals surface area contributed by atoms with Crippen molar-refractivity contribution in [1.82, 2.24) is 0 Å². The van der Waals surface area contributed by atoms with Crippen LogP contribution in [-0.2, 0) is 20.8 Å². The molecule has 1 aromatic carbocycles. The molecular formula is C15H19N3O4. The second-order valence-electron chi connectivity index (χ2n) is 5.40. The molecule has 1 heterocycles. The molecule has 3 N–H and O–H groups in total. The van der Waals surface area contributed by atoms with Gasteiger partial charge in [0.05, 0.1) is 12.8 Å². The molecule has 2 amide bonds. The lowest BCUT2D eigenvalue weighted by Gasteiger charge is -2.24. The van der Waals surface area contributed by atoms with Gasteiger partial charge < -0.3 is 15.7 Å². The normalized spacial score (nSPS) is 14.6. The van der Waals surface area contributed by atoms with Gasteiger partial charge in [0.15, 0.2) is 0 Å². The van der Waals surface area contributed by atoms with E-state index in [2.05, 4.69) is 0 Å². The van der Waals surface area contributed by atoms with E-state index in [0.29, 0.717) is 12.2 Å². The highest BCUT2D eigenvalue weighted by atomic mass is 16.4. The molecular weight excluding hydrogens is 286 g/mol. The van der Waals surface area contributed by atoms with Gasteiger partial charge in [0.2, 0.25) is 11.8 Å². The number of amides is 2. The van der Waals surface area contributed by atoms with Crippen LogP contribution in [0, 0.1) is 0 Å². The van der Waals surface area contributed by atoms with Crippen molar-refractivity contribution in [3.63, 3.8) is 0 Å². The monoisotopic (exact) mass is 305 g/mol. The average Bonchev–Trinajstić information content (AvgIpc) is 2.78. The summed E-state index contributed by atoms with van der Waals surface area (Å²) >= 11 is 0. The predicted molar refractivity (Wildman–Crippen MR) is 81.8 cm³/mol. The van der Waals surface area contributed by atoms with Crippen molar-refractivity contribution in [1.29, 1.82) is 0 Å². The Bertz CT molecular complexity index is 629. The molecule has 7 heteroatoms. The molecule has 0 fully saturated rings. The van der Waals surface area contributed by atoms with E-state index in [9.17, 15) is 14.4 Å². The third kappa shape index (κ3) is 3.03. The first-order chi connectivity index (χ1) is 10.3. The first kappa shape index (κ1) is 15.8. The third-order valence-electron chi connectivity index (χ3n) is 3.83. The number of carbonyl (C=O) groups excluding carboxylic acids is 2. The summed E-state index contributed by atoms with van der Waals surface area (Å²) in [4.78, 5) is 37.3. The molecule has 1 unspecified atom stereocenters. The van der Waals surface area contributed by atoms with Crippen LogP contribution in [0.25, 0.3) is 0 Å². The molecule has 7 nitrogen and oxygen atoms in total. The lowest BCUT2D eigenvalue weighted by atomic mass is 10.1. The quantitative estimate of drug-likeness (QED) is 0.789. The van der Waals surface area contributed by atoms with Gasteiger partial charge in [0, 0.05) is 25.0 Å². The van der Waals surface area contributed by atoms with Gasteiger partial charge in [-0.1, -0.05) is 0 Å². The van der Waals surface area contributed by atoms with Crippen molar-refractivity contribution in [3.8, 4) is 0 Å². The lowest BCUT2D eigenvalue weighted by molar-refractivity contribution is -0.136. The molecule has 1 aromatic rings. The van der Waals surface area contributed by atoms with Gasteiger partial charge in [-0.2, -0.15) is 0 Å². The van der Waals surface area contributed by atoms with E-state index >= 15 is 0 Å². The Morgan fingerprint density at radius 3 is 2.73 bits per heavy atom. The van der Waals surface area contributed by atoms with E-state index in [-0.39, 0.29) is 18.7 Å². The summed E-state index contributed by atoms with van der Waals surface area (Å²) in [5.74, 6) is -1.57. The SMILES string of the molecule is CC(C(N)=O)N1C(=O)Cc2cc(N(C)CCC(=O)O)ccc21. The molecule has 118 valence electrons.